The van der Waals surface area contributed by atoms with Gasteiger partial charge in [-0.15, -0.1) is 21.5 Å². The highest BCUT2D eigenvalue weighted by Gasteiger charge is 2.25. The number of hydrogen-bond acceptors (Lipinski definition) is 7. The van der Waals surface area contributed by atoms with Gasteiger partial charge in [0.05, 0.1) is 11.3 Å². The number of nitrogens with zero attached hydrogens (tertiary/aromatic N) is 5. The fraction of sp³-hybridized carbons (Fsp3) is 0.458. The van der Waals surface area contributed by atoms with E-state index >= 15 is 0 Å². The number of thiophene rings is 1. The topological polar surface area (TPSA) is 96.5 Å². The van der Waals surface area contributed by atoms with E-state index in [4.69, 9.17) is 0 Å². The van der Waals surface area contributed by atoms with Gasteiger partial charge in [0.15, 0.2) is 11.0 Å². The van der Waals surface area contributed by atoms with Crippen molar-refractivity contribution in [3.63, 3.8) is 0 Å². The van der Waals surface area contributed by atoms with Gasteiger partial charge in [-0.25, -0.2) is 0 Å². The molecule has 0 bridgehead atoms. The summed E-state index contributed by atoms with van der Waals surface area (Å²) in [7, 11) is 0. The van der Waals surface area contributed by atoms with Crippen LogP contribution in [0.5, 0.6) is 0 Å². The zero-order valence-electron chi connectivity index (χ0n) is 18.4. The summed E-state index contributed by atoms with van der Waals surface area (Å²) in [6.07, 6.45) is 13.6. The Morgan fingerprint density at radius 1 is 1.15 bits per heavy atom. The van der Waals surface area contributed by atoms with Gasteiger partial charge >= 0.3 is 0 Å². The zero-order chi connectivity index (χ0) is 22.6. The molecular formula is C24H26N6OS2. The molecule has 1 saturated carbocycles. The third-order valence-electron chi connectivity index (χ3n) is 6.41. The molecule has 9 heteroatoms. The van der Waals surface area contributed by atoms with Crippen LogP contribution in [0.25, 0.3) is 11.4 Å². The molecule has 1 amide bonds. The first-order valence-corrected chi connectivity index (χ1v) is 13.4. The van der Waals surface area contributed by atoms with Gasteiger partial charge in [0.2, 0.25) is 5.91 Å². The Kier molecular flexibility index (Phi) is 6.74. The van der Waals surface area contributed by atoms with Crippen LogP contribution in [0.3, 0.4) is 0 Å². The lowest BCUT2D eigenvalue weighted by Crippen LogP contribution is -2.17. The van der Waals surface area contributed by atoms with Gasteiger partial charge in [-0.3, -0.25) is 14.3 Å². The van der Waals surface area contributed by atoms with Crippen LogP contribution in [0.2, 0.25) is 0 Å². The first kappa shape index (κ1) is 22.1. The van der Waals surface area contributed by atoms with Crippen LogP contribution in [0.15, 0.2) is 29.7 Å². The molecule has 3 aromatic heterocycles. The molecule has 170 valence electrons. The summed E-state index contributed by atoms with van der Waals surface area (Å²) in [6.45, 7) is 0. The Morgan fingerprint density at radius 2 is 1.94 bits per heavy atom. The van der Waals surface area contributed by atoms with E-state index in [9.17, 15) is 10.1 Å². The molecular weight excluding hydrogens is 452 g/mol. The second-order valence-electron chi connectivity index (χ2n) is 8.57. The second-order valence-corrected chi connectivity index (χ2v) is 10.6. The Morgan fingerprint density at radius 3 is 2.73 bits per heavy atom. The molecule has 0 unspecified atom stereocenters. The van der Waals surface area contributed by atoms with Crippen LogP contribution in [0.4, 0.5) is 5.00 Å². The lowest BCUT2D eigenvalue weighted by molar-refractivity contribution is -0.113. The minimum absolute atomic E-state index is 0.112. The van der Waals surface area contributed by atoms with Gasteiger partial charge < -0.3 is 5.32 Å². The second kappa shape index (κ2) is 10.1. The van der Waals surface area contributed by atoms with Gasteiger partial charge in [-0.2, -0.15) is 5.26 Å². The maximum absolute atomic E-state index is 12.8. The van der Waals surface area contributed by atoms with Crippen molar-refractivity contribution in [3.05, 3.63) is 40.5 Å². The number of aryl methyl sites for hydroxylation is 1. The summed E-state index contributed by atoms with van der Waals surface area (Å²) in [4.78, 5) is 18.2. The van der Waals surface area contributed by atoms with Gasteiger partial charge in [0, 0.05) is 28.9 Å². The summed E-state index contributed by atoms with van der Waals surface area (Å²) in [5.74, 6) is 0.956. The molecule has 0 aliphatic heterocycles. The van der Waals surface area contributed by atoms with Crippen molar-refractivity contribution in [2.24, 2.45) is 0 Å². The summed E-state index contributed by atoms with van der Waals surface area (Å²) < 4.78 is 2.22. The predicted molar refractivity (Wildman–Crippen MR) is 130 cm³/mol. The van der Waals surface area contributed by atoms with Gasteiger partial charge in [-0.1, -0.05) is 31.0 Å². The molecule has 1 N–H and O–H groups in total. The number of anilines is 1. The average Bonchev–Trinajstić information content (AvgIpc) is 3.44. The van der Waals surface area contributed by atoms with Crippen molar-refractivity contribution in [3.8, 4) is 17.5 Å². The lowest BCUT2D eigenvalue weighted by atomic mass is 9.95. The number of rotatable bonds is 6. The fourth-order valence-electron chi connectivity index (χ4n) is 4.81. The first-order valence-electron chi connectivity index (χ1n) is 11.6. The number of hydrogen-bond donors (Lipinski definition) is 1. The molecule has 0 aromatic carbocycles. The maximum Gasteiger partial charge on any atom is 0.235 e. The highest BCUT2D eigenvalue weighted by Crippen LogP contribution is 2.38. The number of amides is 1. The number of pyridine rings is 1. The van der Waals surface area contributed by atoms with E-state index < -0.39 is 0 Å². The average molecular weight is 479 g/mol. The minimum Gasteiger partial charge on any atom is -0.316 e. The normalized spacial score (nSPS) is 16.2. The molecule has 3 aromatic rings. The number of thioether (sulfide) groups is 1. The number of nitrogens with one attached hydrogen (secondary N) is 1. The summed E-state index contributed by atoms with van der Waals surface area (Å²) in [5.41, 5.74) is 2.77. The standard InChI is InChI=1S/C24H26N6OS2/c25-14-19-18-8-4-5-9-20(18)33-23(19)27-21(31)15-32-24-29-28-22(16-10-12-26-13-11-16)30(24)17-6-2-1-3-7-17/h10-13,17H,1-9,15H2,(H,27,31). The molecule has 2 aliphatic rings. The molecule has 0 spiro atoms. The van der Waals surface area contributed by atoms with E-state index in [0.29, 0.717) is 16.6 Å². The van der Waals surface area contributed by atoms with Crippen molar-refractivity contribution >= 4 is 34.0 Å². The van der Waals surface area contributed by atoms with Crippen LogP contribution in [-0.2, 0) is 17.6 Å². The zero-order valence-corrected chi connectivity index (χ0v) is 20.1. The number of carbonyl (C=O) groups excluding carboxylic acids is 1. The van der Waals surface area contributed by atoms with E-state index in [2.05, 4.69) is 31.1 Å². The van der Waals surface area contributed by atoms with E-state index in [-0.39, 0.29) is 11.7 Å². The van der Waals surface area contributed by atoms with Crippen molar-refractivity contribution in [1.82, 2.24) is 19.7 Å². The van der Waals surface area contributed by atoms with Crippen LogP contribution in [-0.4, -0.2) is 31.4 Å². The van der Waals surface area contributed by atoms with Crippen LogP contribution in [0, 0.1) is 11.3 Å². The molecule has 2 aliphatic carbocycles. The van der Waals surface area contributed by atoms with Gasteiger partial charge in [0.1, 0.15) is 11.1 Å². The summed E-state index contributed by atoms with van der Waals surface area (Å²) >= 11 is 2.98. The van der Waals surface area contributed by atoms with Crippen molar-refractivity contribution in [2.75, 3.05) is 11.1 Å². The Labute approximate surface area is 201 Å². The van der Waals surface area contributed by atoms with Crippen LogP contribution in [0.1, 0.15) is 67.0 Å². The fourth-order valence-corrected chi connectivity index (χ4v) is 6.87. The highest BCUT2D eigenvalue weighted by atomic mass is 32.2. The molecule has 5 rings (SSSR count). The van der Waals surface area contributed by atoms with Crippen molar-refractivity contribution < 1.29 is 4.79 Å². The van der Waals surface area contributed by atoms with Crippen LogP contribution >= 0.6 is 23.1 Å². The molecule has 1 fully saturated rings. The monoisotopic (exact) mass is 478 g/mol. The Hall–Kier alpha value is -2.70. The summed E-state index contributed by atoms with van der Waals surface area (Å²) in [6, 6.07) is 6.56. The van der Waals surface area contributed by atoms with E-state index in [1.165, 1.54) is 35.9 Å². The maximum atomic E-state index is 12.8. The molecule has 33 heavy (non-hydrogen) atoms. The third kappa shape index (κ3) is 4.68. The van der Waals surface area contributed by atoms with Crippen molar-refractivity contribution in [1.29, 1.82) is 5.26 Å². The van der Waals surface area contributed by atoms with Gasteiger partial charge in [-0.05, 0) is 56.2 Å². The molecule has 7 nitrogen and oxygen atoms in total. The van der Waals surface area contributed by atoms with E-state index in [1.54, 1.807) is 23.7 Å². The smallest absolute Gasteiger partial charge is 0.235 e. The highest BCUT2D eigenvalue weighted by molar-refractivity contribution is 7.99. The minimum atomic E-state index is -0.112. The Balaban J connectivity index is 1.34. The van der Waals surface area contributed by atoms with E-state index in [1.807, 2.05) is 12.1 Å². The van der Waals surface area contributed by atoms with Crippen molar-refractivity contribution in [2.45, 2.75) is 69.0 Å². The number of nitriles is 1. The third-order valence-corrected chi connectivity index (χ3v) is 8.56. The predicted octanol–water partition coefficient (Wildman–Crippen LogP) is 5.39. The molecule has 3 heterocycles. The molecule has 0 atom stereocenters. The Bertz CT molecular complexity index is 1170. The lowest BCUT2D eigenvalue weighted by Gasteiger charge is -2.25. The van der Waals surface area contributed by atoms with Gasteiger partial charge in [0.25, 0.3) is 0 Å². The number of carbonyl (C=O) groups is 1. The van der Waals surface area contributed by atoms with E-state index in [0.717, 1.165) is 60.6 Å². The SMILES string of the molecule is N#Cc1c(NC(=O)CSc2nnc(-c3ccncc3)n2C2CCCCC2)sc2c1CCCC2. The molecule has 0 radical (unpaired) electrons. The van der Waals surface area contributed by atoms with Crippen LogP contribution < -0.4 is 5.32 Å². The largest absolute Gasteiger partial charge is 0.316 e. The quantitative estimate of drug-likeness (QED) is 0.477. The number of fused-ring (bicyclic) bond motifs is 1. The summed E-state index contributed by atoms with van der Waals surface area (Å²) in [5, 5.41) is 23.1. The first-order chi connectivity index (χ1) is 16.2. The molecule has 0 saturated heterocycles. The number of aromatic nitrogens is 4.